The number of aryl methyl sites for hydroxylation is 2. The fourth-order valence-electron chi connectivity index (χ4n) is 8.77. The Hall–Kier alpha value is -4.11. The zero-order chi connectivity index (χ0) is 34.2. The summed E-state index contributed by atoms with van der Waals surface area (Å²) < 4.78 is 1.01. The maximum atomic E-state index is 2.69. The molecule has 0 spiro atoms. The van der Waals surface area contributed by atoms with Gasteiger partial charge in [0.25, 0.3) is 0 Å². The van der Waals surface area contributed by atoms with Crippen molar-refractivity contribution in [2.24, 2.45) is 0 Å². The summed E-state index contributed by atoms with van der Waals surface area (Å²) in [7, 11) is 0. The molecule has 6 aromatic carbocycles. The van der Waals surface area contributed by atoms with Crippen molar-refractivity contribution in [1.29, 1.82) is 0 Å². The van der Waals surface area contributed by atoms with Crippen molar-refractivity contribution in [3.8, 4) is 22.3 Å². The van der Waals surface area contributed by atoms with E-state index in [9.17, 15) is 0 Å². The topological polar surface area (TPSA) is 0 Å². The van der Waals surface area contributed by atoms with E-state index in [1.54, 1.807) is 22.3 Å². The average Bonchev–Trinajstić information content (AvgIpc) is 3.75. The molecule has 0 nitrogen and oxygen atoms in total. The summed E-state index contributed by atoms with van der Waals surface area (Å²) in [6, 6.07) is 55.3. The summed E-state index contributed by atoms with van der Waals surface area (Å²) in [5.41, 5.74) is 20.5. The molecule has 0 aromatic heterocycles. The monoisotopic (exact) mass is 829 g/mol. The van der Waals surface area contributed by atoms with E-state index in [-0.39, 0.29) is 0 Å². The molecular weight excluding hydrogens is 783 g/mol. The third-order valence-electron chi connectivity index (χ3n) is 11.0. The quantitative estimate of drug-likeness (QED) is 0.127. The van der Waals surface area contributed by atoms with Gasteiger partial charge in [-0.05, 0) is 0 Å². The predicted molar refractivity (Wildman–Crippen MR) is 215 cm³/mol. The molecule has 50 heavy (non-hydrogen) atoms. The van der Waals surface area contributed by atoms with Crippen LogP contribution in [0.15, 0.2) is 146 Å². The van der Waals surface area contributed by atoms with Gasteiger partial charge in [-0.25, -0.2) is 0 Å². The Morgan fingerprint density at radius 2 is 0.820 bits per heavy atom. The molecule has 0 saturated heterocycles. The molecule has 2 unspecified atom stereocenters. The van der Waals surface area contributed by atoms with Gasteiger partial charge in [0.15, 0.2) is 0 Å². The number of hydrogen-bond acceptors (Lipinski definition) is 0. The fourth-order valence-corrected chi connectivity index (χ4v) is 40.3. The van der Waals surface area contributed by atoms with Crippen LogP contribution in [0.25, 0.3) is 45.6 Å². The van der Waals surface area contributed by atoms with Crippen molar-refractivity contribution in [3.05, 3.63) is 190 Å². The van der Waals surface area contributed by atoms with Crippen molar-refractivity contribution in [3.63, 3.8) is 0 Å². The summed E-state index contributed by atoms with van der Waals surface area (Å²) >= 11 is -2.71. The van der Waals surface area contributed by atoms with Gasteiger partial charge in [-0.15, -0.1) is 0 Å². The molecule has 0 heterocycles. The molecule has 0 fully saturated rings. The van der Waals surface area contributed by atoms with E-state index < -0.39 is 26.6 Å². The van der Waals surface area contributed by atoms with Crippen LogP contribution in [0.5, 0.6) is 0 Å². The van der Waals surface area contributed by atoms with Crippen molar-refractivity contribution in [1.82, 2.24) is 0 Å². The molecule has 2 aliphatic rings. The van der Waals surface area contributed by atoms with Crippen LogP contribution in [-0.4, -0.2) is 5.98 Å². The van der Waals surface area contributed by atoms with Crippen LogP contribution >= 0.6 is 0 Å². The number of benzene rings is 6. The first-order valence-electron chi connectivity index (χ1n) is 18.4. The molecular formula is C48H45HfSi. The van der Waals surface area contributed by atoms with Gasteiger partial charge in [-0.3, -0.25) is 0 Å². The van der Waals surface area contributed by atoms with E-state index in [2.05, 4.69) is 185 Å². The van der Waals surface area contributed by atoms with Crippen molar-refractivity contribution >= 4 is 29.3 Å². The molecule has 6 aromatic rings. The van der Waals surface area contributed by atoms with Crippen LogP contribution in [0.3, 0.4) is 0 Å². The van der Waals surface area contributed by atoms with Gasteiger partial charge in [0.2, 0.25) is 0 Å². The van der Waals surface area contributed by atoms with Gasteiger partial charge in [-0.2, -0.15) is 0 Å². The summed E-state index contributed by atoms with van der Waals surface area (Å²) in [5, 5.41) is 0. The van der Waals surface area contributed by atoms with E-state index in [1.807, 2.05) is 0 Å². The average molecular weight is 828 g/mol. The Morgan fingerprint density at radius 1 is 0.440 bits per heavy atom. The molecule has 8 rings (SSSR count). The molecule has 245 valence electrons. The van der Waals surface area contributed by atoms with Crippen LogP contribution in [-0.2, 0) is 33.4 Å². The summed E-state index contributed by atoms with van der Waals surface area (Å²) in [6.45, 7) is 9.95. The number of rotatable bonds is 9. The Labute approximate surface area is 307 Å². The normalized spacial score (nSPS) is 16.2. The molecule has 2 atom stereocenters. The second-order valence-electron chi connectivity index (χ2n) is 14.1. The fraction of sp³-hybridized carbons (Fsp3) is 0.167. The molecule has 0 amide bonds. The minimum atomic E-state index is -2.71. The molecule has 0 bridgehead atoms. The van der Waals surface area contributed by atoms with Crippen LogP contribution in [0.2, 0.25) is 13.1 Å². The summed E-state index contributed by atoms with van der Waals surface area (Å²) in [6.07, 6.45) is 7.31. The molecule has 0 N–H and O–H groups in total. The first-order valence-corrected chi connectivity index (χ1v) is 31.7. The van der Waals surface area contributed by atoms with E-state index in [0.717, 1.165) is 12.8 Å². The zero-order valence-corrected chi connectivity index (χ0v) is 34.4. The van der Waals surface area contributed by atoms with Crippen molar-refractivity contribution < 1.29 is 20.6 Å². The Bertz CT molecular complexity index is 2070. The zero-order valence-electron chi connectivity index (χ0n) is 29.7. The second kappa shape index (κ2) is 14.3. The van der Waals surface area contributed by atoms with Gasteiger partial charge in [0, 0.05) is 0 Å². The standard InChI is InChI=1S/2C23H19.C2H7Si.Hf/c2*1-2-17-9-6-7-13-21(17)22-14-8-12-19-15-20(16-23(19)22)18-10-4-3-5-11-18;1-3-2;/h2*3-16H,2H2,1H3;3H,1-2H3;. The Balaban J connectivity index is 1.37. The van der Waals surface area contributed by atoms with Gasteiger partial charge in [-0.1, -0.05) is 0 Å². The second-order valence-corrected chi connectivity index (χ2v) is 42.0. The van der Waals surface area contributed by atoms with Gasteiger partial charge in [0.05, 0.1) is 0 Å². The SMILES string of the molecule is CCc1ccccc1-c1cccc2c1C=C(c1ccccc1)[CH]2[Hf]([CH]1C(c2ccccc2)=Cc2c(-c3ccccc3CC)cccc21)[SiH](C)C. The summed E-state index contributed by atoms with van der Waals surface area (Å²) in [4.78, 5) is 0. The molecule has 0 saturated carbocycles. The van der Waals surface area contributed by atoms with Crippen molar-refractivity contribution in [2.45, 2.75) is 47.1 Å². The van der Waals surface area contributed by atoms with Crippen LogP contribution in [0, 0.1) is 0 Å². The first kappa shape index (κ1) is 33.1. The minimum absolute atomic E-state index is 0.507. The van der Waals surface area contributed by atoms with Crippen LogP contribution in [0.1, 0.15) is 65.7 Å². The molecule has 2 aliphatic carbocycles. The number of fused-ring (bicyclic) bond motifs is 2. The van der Waals surface area contributed by atoms with Crippen molar-refractivity contribution in [2.75, 3.05) is 0 Å². The predicted octanol–water partition coefficient (Wildman–Crippen LogP) is 12.6. The third-order valence-corrected chi connectivity index (χ3v) is 41.5. The maximum absolute atomic E-state index is 2.71. The first-order chi connectivity index (χ1) is 24.6. The van der Waals surface area contributed by atoms with E-state index in [0.29, 0.717) is 7.35 Å². The van der Waals surface area contributed by atoms with Crippen LogP contribution < -0.4 is 0 Å². The summed E-state index contributed by atoms with van der Waals surface area (Å²) in [5.74, 6) is -1.11. The van der Waals surface area contributed by atoms with Gasteiger partial charge in [0.1, 0.15) is 0 Å². The number of allylic oxidation sites excluding steroid dienone is 2. The van der Waals surface area contributed by atoms with Gasteiger partial charge >= 0.3 is 309 Å². The van der Waals surface area contributed by atoms with Gasteiger partial charge < -0.3 is 0 Å². The van der Waals surface area contributed by atoms with E-state index in [4.69, 9.17) is 0 Å². The van der Waals surface area contributed by atoms with Crippen LogP contribution in [0.4, 0.5) is 0 Å². The van der Waals surface area contributed by atoms with E-state index >= 15 is 0 Å². The molecule has 0 aliphatic heterocycles. The molecule has 0 radical (unpaired) electrons. The Morgan fingerprint density at radius 3 is 1.22 bits per heavy atom. The number of hydrogen-bond donors (Lipinski definition) is 0. The molecule has 2 heteroatoms. The Kier molecular flexibility index (Phi) is 9.42. The third kappa shape index (κ3) is 5.81. The van der Waals surface area contributed by atoms with E-state index in [1.165, 1.54) is 55.6 Å².